The van der Waals surface area contributed by atoms with Gasteiger partial charge in [-0.15, -0.1) is 0 Å². The SMILES string of the molecule is CC(C)=C1CC[C@]2(C)[C@@H]1CC[C@@H]1[C@@H]2C(=O)C[C@]2(C)[C@H]([C@H](C)CCCC(C)C)CC[C@@]12C. The van der Waals surface area contributed by atoms with Crippen LogP contribution in [-0.2, 0) is 4.79 Å². The minimum atomic E-state index is 0.212. The summed E-state index contributed by atoms with van der Waals surface area (Å²) in [6.07, 6.45) is 12.7. The molecule has 4 aliphatic rings. The third-order valence-corrected chi connectivity index (χ3v) is 11.6. The molecule has 4 aliphatic carbocycles. The van der Waals surface area contributed by atoms with Crippen LogP contribution >= 0.6 is 0 Å². The first-order chi connectivity index (χ1) is 14.5. The number of hydrogen-bond acceptors (Lipinski definition) is 1. The normalized spacial score (nSPS) is 45.5. The van der Waals surface area contributed by atoms with E-state index in [1.165, 1.54) is 63.4 Å². The zero-order valence-electron chi connectivity index (χ0n) is 21.9. The molecule has 4 rings (SSSR count). The van der Waals surface area contributed by atoms with Gasteiger partial charge in [0.2, 0.25) is 0 Å². The van der Waals surface area contributed by atoms with Gasteiger partial charge in [0.25, 0.3) is 0 Å². The van der Waals surface area contributed by atoms with E-state index in [1.807, 2.05) is 0 Å². The lowest BCUT2D eigenvalue weighted by Crippen LogP contribution is -2.59. The van der Waals surface area contributed by atoms with Gasteiger partial charge in [-0.05, 0) is 98.2 Å². The van der Waals surface area contributed by atoms with E-state index in [-0.39, 0.29) is 10.8 Å². The van der Waals surface area contributed by atoms with Crippen molar-refractivity contribution in [3.63, 3.8) is 0 Å². The summed E-state index contributed by atoms with van der Waals surface area (Å²) in [5.41, 5.74) is 4.02. The van der Waals surface area contributed by atoms with Crippen molar-refractivity contribution in [1.82, 2.24) is 0 Å². The maximum atomic E-state index is 14.0. The molecular formula is C30H50O. The highest BCUT2D eigenvalue weighted by atomic mass is 16.1. The van der Waals surface area contributed by atoms with Gasteiger partial charge in [-0.25, -0.2) is 0 Å². The molecule has 1 heteroatoms. The molecule has 8 atom stereocenters. The number of Topliss-reactive ketones (excluding diaryl/α,β-unsaturated/α-hetero) is 1. The number of allylic oxidation sites excluding steroid dienone is 2. The third kappa shape index (κ3) is 3.42. The van der Waals surface area contributed by atoms with Crippen LogP contribution in [0.4, 0.5) is 0 Å². The zero-order valence-corrected chi connectivity index (χ0v) is 21.9. The second-order valence-electron chi connectivity index (χ2n) is 13.7. The average Bonchev–Trinajstić information content (AvgIpc) is 3.15. The molecule has 1 nitrogen and oxygen atoms in total. The number of ketones is 1. The summed E-state index contributed by atoms with van der Waals surface area (Å²) in [5, 5.41) is 0. The van der Waals surface area contributed by atoms with Gasteiger partial charge in [-0.2, -0.15) is 0 Å². The minimum absolute atomic E-state index is 0.212. The first-order valence-electron chi connectivity index (χ1n) is 13.6. The van der Waals surface area contributed by atoms with E-state index in [4.69, 9.17) is 0 Å². The highest BCUT2D eigenvalue weighted by Gasteiger charge is 2.68. The number of fused-ring (bicyclic) bond motifs is 5. The van der Waals surface area contributed by atoms with Gasteiger partial charge in [0.05, 0.1) is 0 Å². The Morgan fingerprint density at radius 3 is 2.32 bits per heavy atom. The van der Waals surface area contributed by atoms with E-state index in [9.17, 15) is 4.79 Å². The van der Waals surface area contributed by atoms with Crippen LogP contribution in [0.1, 0.15) is 120 Å². The van der Waals surface area contributed by atoms with Crippen molar-refractivity contribution in [2.24, 2.45) is 51.8 Å². The van der Waals surface area contributed by atoms with Crippen molar-refractivity contribution >= 4 is 5.78 Å². The second kappa shape index (κ2) is 8.02. The third-order valence-electron chi connectivity index (χ3n) is 11.6. The molecule has 0 N–H and O–H groups in total. The van der Waals surface area contributed by atoms with Gasteiger partial charge in [0.15, 0.2) is 0 Å². The predicted molar refractivity (Wildman–Crippen MR) is 132 cm³/mol. The van der Waals surface area contributed by atoms with Crippen molar-refractivity contribution in [1.29, 1.82) is 0 Å². The van der Waals surface area contributed by atoms with Gasteiger partial charge in [0, 0.05) is 12.3 Å². The van der Waals surface area contributed by atoms with Crippen LogP contribution in [0, 0.1) is 51.8 Å². The molecule has 0 bridgehead atoms. The van der Waals surface area contributed by atoms with E-state index in [2.05, 4.69) is 55.4 Å². The van der Waals surface area contributed by atoms with Gasteiger partial charge >= 0.3 is 0 Å². The number of carbonyl (C=O) groups excluding carboxylic acids is 1. The summed E-state index contributed by atoms with van der Waals surface area (Å²) in [6.45, 7) is 19.5. The average molecular weight is 427 g/mol. The first kappa shape index (κ1) is 23.6. The van der Waals surface area contributed by atoms with Crippen molar-refractivity contribution in [2.75, 3.05) is 0 Å². The lowest BCUT2D eigenvalue weighted by atomic mass is 9.41. The summed E-state index contributed by atoms with van der Waals surface area (Å²) < 4.78 is 0. The Kier molecular flexibility index (Phi) is 6.09. The fourth-order valence-electron chi connectivity index (χ4n) is 9.73. The highest BCUT2D eigenvalue weighted by molar-refractivity contribution is 5.85. The summed E-state index contributed by atoms with van der Waals surface area (Å²) in [7, 11) is 0. The summed E-state index contributed by atoms with van der Waals surface area (Å²) in [5.74, 6) is 4.54. The molecule has 0 saturated heterocycles. The monoisotopic (exact) mass is 426 g/mol. The maximum absolute atomic E-state index is 14.0. The maximum Gasteiger partial charge on any atom is 0.137 e. The molecule has 4 saturated carbocycles. The Bertz CT molecular complexity index is 742. The molecular weight excluding hydrogens is 376 g/mol. The van der Waals surface area contributed by atoms with Gasteiger partial charge < -0.3 is 0 Å². The number of carbonyl (C=O) groups is 1. The van der Waals surface area contributed by atoms with Crippen LogP contribution in [0.15, 0.2) is 11.1 Å². The lowest BCUT2D eigenvalue weighted by molar-refractivity contribution is -0.167. The largest absolute Gasteiger partial charge is 0.299 e. The van der Waals surface area contributed by atoms with E-state index in [0.717, 1.165) is 24.2 Å². The molecule has 0 aromatic rings. The lowest BCUT2D eigenvalue weighted by Gasteiger charge is -2.62. The Hall–Kier alpha value is -0.590. The quantitative estimate of drug-likeness (QED) is 0.402. The fraction of sp³-hybridized carbons (Fsp3) is 0.900. The van der Waals surface area contributed by atoms with Gasteiger partial charge in [0.1, 0.15) is 5.78 Å². The first-order valence-corrected chi connectivity index (χ1v) is 13.6. The topological polar surface area (TPSA) is 17.1 Å². The van der Waals surface area contributed by atoms with Crippen LogP contribution < -0.4 is 0 Å². The minimum Gasteiger partial charge on any atom is -0.299 e. The Morgan fingerprint density at radius 2 is 1.68 bits per heavy atom. The fourth-order valence-corrected chi connectivity index (χ4v) is 9.73. The summed E-state index contributed by atoms with van der Waals surface area (Å²) in [6, 6.07) is 0. The van der Waals surface area contributed by atoms with Gasteiger partial charge in [-0.3, -0.25) is 4.79 Å². The van der Waals surface area contributed by atoms with Crippen molar-refractivity contribution in [3.05, 3.63) is 11.1 Å². The van der Waals surface area contributed by atoms with Crippen LogP contribution in [-0.4, -0.2) is 5.78 Å². The molecule has 0 heterocycles. The molecule has 0 aliphatic heterocycles. The number of hydrogen-bond donors (Lipinski definition) is 0. The molecule has 176 valence electrons. The van der Waals surface area contributed by atoms with Crippen molar-refractivity contribution in [3.8, 4) is 0 Å². The molecule has 0 amide bonds. The highest BCUT2D eigenvalue weighted by Crippen LogP contribution is 2.73. The molecule has 0 radical (unpaired) electrons. The second-order valence-corrected chi connectivity index (χ2v) is 13.7. The summed E-state index contributed by atoms with van der Waals surface area (Å²) >= 11 is 0. The molecule has 0 aromatic heterocycles. The Morgan fingerprint density at radius 1 is 0.968 bits per heavy atom. The summed E-state index contributed by atoms with van der Waals surface area (Å²) in [4.78, 5) is 14.0. The van der Waals surface area contributed by atoms with Crippen LogP contribution in [0.2, 0.25) is 0 Å². The van der Waals surface area contributed by atoms with E-state index >= 15 is 0 Å². The van der Waals surface area contributed by atoms with E-state index in [1.54, 1.807) is 5.57 Å². The zero-order chi connectivity index (χ0) is 22.8. The molecule has 4 fully saturated rings. The standard InChI is InChI=1S/C30H50O/c1-19(2)10-9-11-21(5)23-15-17-29(7)25-13-12-24-22(20(3)4)14-16-28(24,6)27(25)26(31)18-30(23,29)8/h19,21,23-25,27H,9-18H2,1-8H3/t21-,23+,24-,25-,27-,28-,29+,30-/m1/s1. The van der Waals surface area contributed by atoms with E-state index in [0.29, 0.717) is 29.0 Å². The van der Waals surface area contributed by atoms with Gasteiger partial charge in [-0.1, -0.05) is 72.0 Å². The van der Waals surface area contributed by atoms with E-state index < -0.39 is 0 Å². The predicted octanol–water partition coefficient (Wildman–Crippen LogP) is 8.62. The van der Waals surface area contributed by atoms with Crippen molar-refractivity contribution < 1.29 is 4.79 Å². The molecule has 0 spiro atoms. The van der Waals surface area contributed by atoms with Crippen molar-refractivity contribution in [2.45, 2.75) is 120 Å². The van der Waals surface area contributed by atoms with Crippen LogP contribution in [0.5, 0.6) is 0 Å². The molecule has 31 heavy (non-hydrogen) atoms. The Labute approximate surface area is 193 Å². The van der Waals surface area contributed by atoms with Crippen LogP contribution in [0.25, 0.3) is 0 Å². The van der Waals surface area contributed by atoms with Crippen LogP contribution in [0.3, 0.4) is 0 Å². The Balaban J connectivity index is 1.61. The number of rotatable bonds is 5. The molecule has 0 aromatic carbocycles. The molecule has 0 unspecified atom stereocenters. The smallest absolute Gasteiger partial charge is 0.137 e.